The second kappa shape index (κ2) is 5.12. The Morgan fingerprint density at radius 1 is 1.62 bits per heavy atom. The lowest BCUT2D eigenvalue weighted by molar-refractivity contribution is -0.143. The average Bonchev–Trinajstić information content (AvgIpc) is 2.26. The number of aliphatic hydroxyl groups is 1. The number of carbonyl (C=O) groups excluding carboxylic acids is 1. The third-order valence-corrected chi connectivity index (χ3v) is 2.85. The summed E-state index contributed by atoms with van der Waals surface area (Å²) >= 11 is 0. The van der Waals surface area contributed by atoms with Crippen molar-refractivity contribution in [2.75, 3.05) is 26.3 Å². The zero-order chi connectivity index (χ0) is 12.3. The normalized spacial score (nSPS) is 24.3. The molecular weight excluding hydrogens is 208 g/mol. The minimum atomic E-state index is -0.509. The minimum Gasteiger partial charge on any atom is -0.394 e. The van der Waals surface area contributed by atoms with Gasteiger partial charge in [-0.25, -0.2) is 0 Å². The maximum Gasteiger partial charge on any atom is 0.240 e. The summed E-state index contributed by atoms with van der Waals surface area (Å²) in [6.45, 7) is 7.22. The smallest absolute Gasteiger partial charge is 0.240 e. The molecule has 0 spiro atoms. The van der Waals surface area contributed by atoms with Crippen LogP contribution >= 0.6 is 0 Å². The Morgan fingerprint density at radius 2 is 2.25 bits per heavy atom. The van der Waals surface area contributed by atoms with Crippen LogP contribution in [0.5, 0.6) is 0 Å². The number of carbonyl (C=O) groups is 1. The molecule has 94 valence electrons. The molecule has 1 aliphatic rings. The van der Waals surface area contributed by atoms with Crippen molar-refractivity contribution in [3.05, 3.63) is 0 Å². The maximum absolute atomic E-state index is 12.1. The molecule has 0 aromatic heterocycles. The molecule has 5 nitrogen and oxygen atoms in total. The Bertz CT molecular complexity index is 250. The van der Waals surface area contributed by atoms with Gasteiger partial charge in [0.1, 0.15) is 0 Å². The van der Waals surface area contributed by atoms with Crippen LogP contribution in [0.25, 0.3) is 0 Å². The summed E-state index contributed by atoms with van der Waals surface area (Å²) in [4.78, 5) is 13.8. The Balaban J connectivity index is 2.60. The van der Waals surface area contributed by atoms with Crippen LogP contribution in [0, 0.1) is 5.41 Å². The summed E-state index contributed by atoms with van der Waals surface area (Å²) in [6, 6.07) is -0.509. The molecule has 1 fully saturated rings. The zero-order valence-electron chi connectivity index (χ0n) is 10.3. The van der Waals surface area contributed by atoms with Crippen molar-refractivity contribution in [1.82, 2.24) is 4.90 Å². The summed E-state index contributed by atoms with van der Waals surface area (Å²) in [5, 5.41) is 8.99. The molecule has 0 aromatic carbocycles. The number of morpholine rings is 1. The van der Waals surface area contributed by atoms with Gasteiger partial charge in [0.15, 0.2) is 0 Å². The summed E-state index contributed by atoms with van der Waals surface area (Å²) in [6.07, 6.45) is -0.273. The second-order valence-electron chi connectivity index (χ2n) is 5.30. The molecular formula is C11H22N2O3. The fourth-order valence-corrected chi connectivity index (χ4v) is 1.60. The predicted molar refractivity (Wildman–Crippen MR) is 60.8 cm³/mol. The molecule has 0 bridgehead atoms. The van der Waals surface area contributed by atoms with Crippen molar-refractivity contribution in [3.63, 3.8) is 0 Å². The van der Waals surface area contributed by atoms with E-state index in [1.807, 2.05) is 20.8 Å². The van der Waals surface area contributed by atoms with Crippen molar-refractivity contribution < 1.29 is 14.6 Å². The summed E-state index contributed by atoms with van der Waals surface area (Å²) in [5.41, 5.74) is 5.67. The van der Waals surface area contributed by atoms with E-state index >= 15 is 0 Å². The fourth-order valence-electron chi connectivity index (χ4n) is 1.60. The standard InChI is InChI=1S/C11H22N2O3/c1-11(2,3)9(12)10(15)13-4-5-16-8(6-13)7-14/h8-9,14H,4-7,12H2,1-3H3/t8?,9-/m1/s1. The number of nitrogens with zero attached hydrogens (tertiary/aromatic N) is 1. The van der Waals surface area contributed by atoms with Crippen LogP contribution in [0.4, 0.5) is 0 Å². The van der Waals surface area contributed by atoms with Crippen LogP contribution in [0.15, 0.2) is 0 Å². The van der Waals surface area contributed by atoms with Gasteiger partial charge in [0, 0.05) is 13.1 Å². The van der Waals surface area contributed by atoms with E-state index in [9.17, 15) is 4.79 Å². The quantitative estimate of drug-likeness (QED) is 0.675. The van der Waals surface area contributed by atoms with Crippen molar-refractivity contribution in [3.8, 4) is 0 Å². The van der Waals surface area contributed by atoms with E-state index < -0.39 is 6.04 Å². The molecule has 2 atom stereocenters. The predicted octanol–water partition coefficient (Wildman–Crippen LogP) is -0.420. The van der Waals surface area contributed by atoms with E-state index in [2.05, 4.69) is 0 Å². The highest BCUT2D eigenvalue weighted by molar-refractivity contribution is 5.82. The first-order valence-electron chi connectivity index (χ1n) is 5.63. The molecule has 1 saturated heterocycles. The van der Waals surface area contributed by atoms with Gasteiger partial charge in [-0.05, 0) is 5.41 Å². The van der Waals surface area contributed by atoms with Crippen LogP contribution in [0.2, 0.25) is 0 Å². The van der Waals surface area contributed by atoms with Crippen LogP contribution in [0.3, 0.4) is 0 Å². The fraction of sp³-hybridized carbons (Fsp3) is 0.909. The first-order valence-corrected chi connectivity index (χ1v) is 5.63. The van der Waals surface area contributed by atoms with Crippen molar-refractivity contribution in [1.29, 1.82) is 0 Å². The maximum atomic E-state index is 12.1. The van der Waals surface area contributed by atoms with Gasteiger partial charge in [-0.2, -0.15) is 0 Å². The zero-order valence-corrected chi connectivity index (χ0v) is 10.3. The summed E-state index contributed by atoms with van der Waals surface area (Å²) in [5.74, 6) is -0.0609. The largest absolute Gasteiger partial charge is 0.394 e. The average molecular weight is 230 g/mol. The highest BCUT2D eigenvalue weighted by atomic mass is 16.5. The second-order valence-corrected chi connectivity index (χ2v) is 5.30. The number of aliphatic hydroxyl groups excluding tert-OH is 1. The van der Waals surface area contributed by atoms with Crippen LogP contribution in [0.1, 0.15) is 20.8 Å². The molecule has 0 radical (unpaired) electrons. The lowest BCUT2D eigenvalue weighted by Gasteiger charge is -2.36. The lowest BCUT2D eigenvalue weighted by Crippen LogP contribution is -2.55. The number of hydrogen-bond acceptors (Lipinski definition) is 4. The van der Waals surface area contributed by atoms with Gasteiger partial charge in [0.05, 0.1) is 25.4 Å². The third kappa shape index (κ3) is 3.17. The Morgan fingerprint density at radius 3 is 2.75 bits per heavy atom. The van der Waals surface area contributed by atoms with Crippen LogP contribution in [-0.4, -0.2) is 54.4 Å². The SMILES string of the molecule is CC(C)(C)[C@H](N)C(=O)N1CCOC(CO)C1. The molecule has 16 heavy (non-hydrogen) atoms. The summed E-state index contributed by atoms with van der Waals surface area (Å²) < 4.78 is 5.29. The third-order valence-electron chi connectivity index (χ3n) is 2.85. The minimum absolute atomic E-state index is 0.0609. The first kappa shape index (κ1) is 13.4. The van der Waals surface area contributed by atoms with Gasteiger partial charge < -0.3 is 20.5 Å². The Kier molecular flexibility index (Phi) is 4.29. The van der Waals surface area contributed by atoms with Crippen LogP contribution < -0.4 is 5.73 Å². The molecule has 1 rings (SSSR count). The van der Waals surface area contributed by atoms with Crippen molar-refractivity contribution in [2.24, 2.45) is 11.1 Å². The molecule has 1 heterocycles. The Labute approximate surface area is 96.6 Å². The van der Waals surface area contributed by atoms with E-state index in [-0.39, 0.29) is 24.0 Å². The molecule has 5 heteroatoms. The van der Waals surface area contributed by atoms with Crippen LogP contribution in [-0.2, 0) is 9.53 Å². The number of ether oxygens (including phenoxy) is 1. The number of amides is 1. The molecule has 0 aliphatic carbocycles. The number of hydrogen-bond donors (Lipinski definition) is 2. The van der Waals surface area contributed by atoms with Gasteiger partial charge in [-0.3, -0.25) is 4.79 Å². The van der Waals surface area contributed by atoms with E-state index in [0.29, 0.717) is 19.7 Å². The molecule has 1 aliphatic heterocycles. The summed E-state index contributed by atoms with van der Waals surface area (Å²) in [7, 11) is 0. The highest BCUT2D eigenvalue weighted by Gasteiger charge is 2.33. The van der Waals surface area contributed by atoms with E-state index in [1.54, 1.807) is 4.90 Å². The van der Waals surface area contributed by atoms with Gasteiger partial charge >= 0.3 is 0 Å². The molecule has 1 unspecified atom stereocenters. The monoisotopic (exact) mass is 230 g/mol. The number of nitrogens with two attached hydrogens (primary N) is 1. The van der Waals surface area contributed by atoms with Gasteiger partial charge in [-0.15, -0.1) is 0 Å². The van der Waals surface area contributed by atoms with Gasteiger partial charge in [0.25, 0.3) is 0 Å². The number of rotatable bonds is 2. The highest BCUT2D eigenvalue weighted by Crippen LogP contribution is 2.20. The lowest BCUT2D eigenvalue weighted by atomic mass is 9.86. The van der Waals surface area contributed by atoms with Crippen molar-refractivity contribution in [2.45, 2.75) is 32.9 Å². The van der Waals surface area contributed by atoms with Gasteiger partial charge in [-0.1, -0.05) is 20.8 Å². The first-order chi connectivity index (χ1) is 7.36. The topological polar surface area (TPSA) is 75.8 Å². The van der Waals surface area contributed by atoms with E-state index in [0.717, 1.165) is 0 Å². The van der Waals surface area contributed by atoms with Crippen molar-refractivity contribution >= 4 is 5.91 Å². The molecule has 3 N–H and O–H groups in total. The van der Waals surface area contributed by atoms with E-state index in [4.69, 9.17) is 15.6 Å². The Hall–Kier alpha value is -0.650. The molecule has 0 saturated carbocycles. The van der Waals surface area contributed by atoms with E-state index in [1.165, 1.54) is 0 Å². The molecule has 0 aromatic rings. The molecule has 1 amide bonds. The van der Waals surface area contributed by atoms with Gasteiger partial charge in [0.2, 0.25) is 5.91 Å².